The fourth-order valence-corrected chi connectivity index (χ4v) is 2.16. The minimum absolute atomic E-state index is 0.380. The summed E-state index contributed by atoms with van der Waals surface area (Å²) in [4.78, 5) is 14.1. The highest BCUT2D eigenvalue weighted by Crippen LogP contribution is 2.27. The third-order valence-electron chi connectivity index (χ3n) is 3.00. The van der Waals surface area contributed by atoms with Crippen molar-refractivity contribution in [3.8, 4) is 0 Å². The zero-order valence-electron chi connectivity index (χ0n) is 13.2. The summed E-state index contributed by atoms with van der Waals surface area (Å²) in [6.45, 7) is 0. The van der Waals surface area contributed by atoms with Crippen molar-refractivity contribution in [2.45, 2.75) is 0 Å². The number of rotatable bonds is 1. The number of nitrogen functional groups attached to an aromatic ring is 3. The van der Waals surface area contributed by atoms with Crippen LogP contribution in [0.3, 0.4) is 0 Å². The average Bonchev–Trinajstić information content (AvgIpc) is 2.62. The number of hydrogen-bond acceptors (Lipinski definition) is 6. The van der Waals surface area contributed by atoms with Gasteiger partial charge in [-0.25, -0.2) is 4.98 Å². The molecule has 7 heteroatoms. The van der Waals surface area contributed by atoms with Gasteiger partial charge in [0, 0.05) is 32.7 Å². The van der Waals surface area contributed by atoms with Gasteiger partial charge < -0.3 is 22.9 Å². The van der Waals surface area contributed by atoms with E-state index in [-0.39, 0.29) is 0 Å². The number of hydrogen-bond donors (Lipinski definition) is 4. The lowest BCUT2D eigenvalue weighted by molar-refractivity contribution is 0.112. The van der Waals surface area contributed by atoms with E-state index in [0.717, 1.165) is 21.5 Å². The molecule has 0 aliphatic heterocycles. The van der Waals surface area contributed by atoms with Gasteiger partial charge >= 0.3 is 0 Å². The second-order valence-electron chi connectivity index (χ2n) is 4.57. The molecule has 0 unspecified atom stereocenters. The molecule has 126 valence electrons. The van der Waals surface area contributed by atoms with Crippen molar-refractivity contribution in [3.05, 3.63) is 58.7 Å². The molecule has 0 aliphatic carbocycles. The van der Waals surface area contributed by atoms with E-state index in [2.05, 4.69) is 26.6 Å². The van der Waals surface area contributed by atoms with E-state index in [9.17, 15) is 4.79 Å². The summed E-state index contributed by atoms with van der Waals surface area (Å²) in [5.74, 6) is 0.380. The molecular formula is C17H20BrN5O. The van der Waals surface area contributed by atoms with E-state index in [1.165, 1.54) is 7.05 Å². The number of nitrogens with zero attached hydrogens (tertiary/aromatic N) is 1. The summed E-state index contributed by atoms with van der Waals surface area (Å²) in [5, 5.41) is 1.93. The van der Waals surface area contributed by atoms with Crippen LogP contribution in [0.1, 0.15) is 10.4 Å². The largest absolute Gasteiger partial charge is 0.399 e. The van der Waals surface area contributed by atoms with E-state index in [1.807, 2.05) is 18.2 Å². The van der Waals surface area contributed by atoms with Crippen LogP contribution in [-0.4, -0.2) is 18.3 Å². The molecule has 0 saturated carbocycles. The summed E-state index contributed by atoms with van der Waals surface area (Å²) in [5.41, 5.74) is 23.1. The fraction of sp³-hybridized carbons (Fsp3) is 0.0588. The monoisotopic (exact) mass is 389 g/mol. The molecule has 24 heavy (non-hydrogen) atoms. The first-order valence-electron chi connectivity index (χ1n) is 6.99. The molecule has 1 heterocycles. The Labute approximate surface area is 149 Å². The molecule has 0 amide bonds. The van der Waals surface area contributed by atoms with Gasteiger partial charge in [-0.2, -0.15) is 0 Å². The number of nitrogens with two attached hydrogens (primary N) is 4. The molecule has 3 rings (SSSR count). The van der Waals surface area contributed by atoms with Gasteiger partial charge in [-0.15, -0.1) is 0 Å². The second-order valence-corrected chi connectivity index (χ2v) is 5.49. The van der Waals surface area contributed by atoms with Gasteiger partial charge in [0.1, 0.15) is 12.1 Å². The highest BCUT2D eigenvalue weighted by atomic mass is 79.9. The second kappa shape index (κ2) is 9.49. The Bertz CT molecular complexity index is 801. The molecular weight excluding hydrogens is 370 g/mol. The van der Waals surface area contributed by atoms with Crippen LogP contribution in [0.5, 0.6) is 0 Å². The van der Waals surface area contributed by atoms with Crippen LogP contribution in [0.25, 0.3) is 10.8 Å². The minimum atomic E-state index is 0.380. The van der Waals surface area contributed by atoms with Crippen molar-refractivity contribution >= 4 is 50.2 Å². The maximum atomic E-state index is 10.1. The van der Waals surface area contributed by atoms with Crippen LogP contribution < -0.4 is 22.9 Å². The fourth-order valence-electron chi connectivity index (χ4n) is 1.80. The zero-order valence-corrected chi connectivity index (χ0v) is 14.8. The molecule has 8 N–H and O–H groups in total. The smallest absolute Gasteiger partial charge is 0.150 e. The first kappa shape index (κ1) is 19.4. The van der Waals surface area contributed by atoms with Gasteiger partial charge in [0.2, 0.25) is 0 Å². The van der Waals surface area contributed by atoms with Crippen LogP contribution in [-0.2, 0) is 0 Å². The lowest BCUT2D eigenvalue weighted by Gasteiger charge is -2.04. The lowest BCUT2D eigenvalue weighted by Crippen LogP contribution is -1.98. The van der Waals surface area contributed by atoms with E-state index < -0.39 is 0 Å². The Balaban J connectivity index is 0.000000230. The van der Waals surface area contributed by atoms with Gasteiger partial charge in [-0.1, -0.05) is 22.0 Å². The number of benzene rings is 2. The molecule has 3 aromatic rings. The number of carbonyl (C=O) groups is 1. The van der Waals surface area contributed by atoms with Crippen molar-refractivity contribution < 1.29 is 4.79 Å². The van der Waals surface area contributed by atoms with Crippen molar-refractivity contribution in [1.29, 1.82) is 0 Å². The molecule has 0 saturated heterocycles. The summed E-state index contributed by atoms with van der Waals surface area (Å²) in [6, 6.07) is 12.6. The minimum Gasteiger partial charge on any atom is -0.399 e. The number of carbonyl (C=O) groups excluding carboxylic acids is 1. The van der Waals surface area contributed by atoms with E-state index >= 15 is 0 Å². The third kappa shape index (κ3) is 5.22. The highest BCUT2D eigenvalue weighted by Gasteiger charge is 2.02. The standard InChI is InChI=1S/C9H8BrN3.C7H7NO.CH5N/c10-6-2-1-5-4-13-9(12)8(11)7(5)3-6;8-7-3-1-6(5-9)2-4-7;1-2/h1-4H,11H2,(H2,12,13);1-5H,8H2;2H2,1H3. The van der Waals surface area contributed by atoms with Gasteiger partial charge in [0.25, 0.3) is 0 Å². The Kier molecular flexibility index (Phi) is 7.67. The number of aldehydes is 1. The lowest BCUT2D eigenvalue weighted by atomic mass is 10.1. The van der Waals surface area contributed by atoms with Crippen LogP contribution in [0, 0.1) is 0 Å². The molecule has 6 nitrogen and oxygen atoms in total. The topological polar surface area (TPSA) is 134 Å². The number of aromatic nitrogens is 1. The van der Waals surface area contributed by atoms with Crippen molar-refractivity contribution in [1.82, 2.24) is 4.98 Å². The summed E-state index contributed by atoms with van der Waals surface area (Å²) in [7, 11) is 1.50. The first-order chi connectivity index (χ1) is 11.5. The Morgan fingerprint density at radius 1 is 1.00 bits per heavy atom. The first-order valence-corrected chi connectivity index (χ1v) is 7.78. The van der Waals surface area contributed by atoms with Crippen molar-refractivity contribution in [3.63, 3.8) is 0 Å². The summed E-state index contributed by atoms with van der Waals surface area (Å²) >= 11 is 3.37. The molecule has 0 atom stereocenters. The normalized spacial score (nSPS) is 9.29. The summed E-state index contributed by atoms with van der Waals surface area (Å²) < 4.78 is 0.984. The van der Waals surface area contributed by atoms with Crippen LogP contribution in [0.4, 0.5) is 17.2 Å². The predicted molar refractivity (Wildman–Crippen MR) is 105 cm³/mol. The molecule has 2 aromatic carbocycles. The van der Waals surface area contributed by atoms with Gasteiger partial charge in [-0.3, -0.25) is 4.79 Å². The Morgan fingerprint density at radius 2 is 1.62 bits per heavy atom. The van der Waals surface area contributed by atoms with Gasteiger partial charge in [-0.05, 0) is 43.4 Å². The summed E-state index contributed by atoms with van der Waals surface area (Å²) in [6.07, 6.45) is 2.51. The predicted octanol–water partition coefficient (Wildman–Crippen LogP) is 2.82. The number of fused-ring (bicyclic) bond motifs is 1. The molecule has 0 aliphatic rings. The van der Waals surface area contributed by atoms with Crippen LogP contribution in [0.2, 0.25) is 0 Å². The quantitative estimate of drug-likeness (QED) is 0.373. The van der Waals surface area contributed by atoms with Crippen LogP contribution in [0.15, 0.2) is 53.1 Å². The molecule has 1 aromatic heterocycles. The Morgan fingerprint density at radius 3 is 2.21 bits per heavy atom. The average molecular weight is 390 g/mol. The highest BCUT2D eigenvalue weighted by molar-refractivity contribution is 9.10. The molecule has 0 radical (unpaired) electrons. The van der Waals surface area contributed by atoms with Crippen molar-refractivity contribution in [2.24, 2.45) is 5.73 Å². The molecule has 0 fully saturated rings. The Hall–Kier alpha value is -2.64. The maximum absolute atomic E-state index is 10.1. The van der Waals surface area contributed by atoms with E-state index in [1.54, 1.807) is 30.5 Å². The van der Waals surface area contributed by atoms with E-state index in [0.29, 0.717) is 22.8 Å². The number of halogens is 1. The number of anilines is 3. The zero-order chi connectivity index (χ0) is 18.1. The third-order valence-corrected chi connectivity index (χ3v) is 3.49. The van der Waals surface area contributed by atoms with Gasteiger partial charge in [0.05, 0.1) is 5.69 Å². The van der Waals surface area contributed by atoms with Gasteiger partial charge in [0.15, 0.2) is 0 Å². The molecule has 0 spiro atoms. The van der Waals surface area contributed by atoms with Crippen molar-refractivity contribution in [2.75, 3.05) is 24.2 Å². The SMILES string of the molecule is CN.Nc1ccc(C=O)cc1.Nc1ncc2ccc(Br)cc2c1N. The number of pyridine rings is 1. The maximum Gasteiger partial charge on any atom is 0.150 e. The molecule has 0 bridgehead atoms. The van der Waals surface area contributed by atoms with Crippen LogP contribution >= 0.6 is 15.9 Å². The van der Waals surface area contributed by atoms with E-state index in [4.69, 9.17) is 17.2 Å².